The molecule has 138 valence electrons. The number of halogens is 2. The topological polar surface area (TPSA) is 66.8 Å². The van der Waals surface area contributed by atoms with Crippen LogP contribution in [0.4, 0.5) is 8.78 Å². The maximum absolute atomic E-state index is 14.1. The molecule has 7 heteroatoms. The molecule has 0 saturated carbocycles. The first-order valence-corrected chi connectivity index (χ1v) is 8.24. The zero-order chi connectivity index (χ0) is 18.8. The van der Waals surface area contributed by atoms with Gasteiger partial charge in [0, 0.05) is 18.0 Å². The molecule has 1 aromatic carbocycles. The van der Waals surface area contributed by atoms with E-state index >= 15 is 0 Å². The highest BCUT2D eigenvalue weighted by Gasteiger charge is 2.50. The highest BCUT2D eigenvalue weighted by molar-refractivity contribution is 5.95. The number of aliphatic hydroxyl groups excluding tert-OH is 1. The van der Waals surface area contributed by atoms with E-state index in [0.29, 0.717) is 12.0 Å². The summed E-state index contributed by atoms with van der Waals surface area (Å²) in [5.41, 5.74) is 0.865. The zero-order valence-electron chi connectivity index (χ0n) is 14.5. The Labute approximate surface area is 145 Å². The summed E-state index contributed by atoms with van der Waals surface area (Å²) < 4.78 is 32.9. The van der Waals surface area contributed by atoms with E-state index in [1.54, 1.807) is 26.0 Å². The number of carbonyl (C=O) groups is 2. The molecule has 0 radical (unpaired) electrons. The minimum absolute atomic E-state index is 0.240. The molecule has 25 heavy (non-hydrogen) atoms. The van der Waals surface area contributed by atoms with E-state index in [2.05, 4.69) is 4.74 Å². The summed E-state index contributed by atoms with van der Waals surface area (Å²) >= 11 is 0. The van der Waals surface area contributed by atoms with Crippen LogP contribution in [0.2, 0.25) is 0 Å². The van der Waals surface area contributed by atoms with Crippen LogP contribution in [0, 0.1) is 5.92 Å². The monoisotopic (exact) mass is 355 g/mol. The fourth-order valence-corrected chi connectivity index (χ4v) is 3.30. The second-order valence-electron chi connectivity index (χ2n) is 6.40. The molecule has 1 aliphatic heterocycles. The van der Waals surface area contributed by atoms with E-state index in [-0.39, 0.29) is 5.56 Å². The highest BCUT2D eigenvalue weighted by Crippen LogP contribution is 2.37. The Kier molecular flexibility index (Phi) is 5.77. The summed E-state index contributed by atoms with van der Waals surface area (Å²) in [7, 11) is 1.16. The van der Waals surface area contributed by atoms with E-state index in [0.717, 1.165) is 12.0 Å². The van der Waals surface area contributed by atoms with Gasteiger partial charge in [-0.1, -0.05) is 19.1 Å². The van der Waals surface area contributed by atoms with Gasteiger partial charge in [0.2, 0.25) is 0 Å². The quantitative estimate of drug-likeness (QED) is 0.844. The molecule has 2 unspecified atom stereocenters. The molecule has 0 aliphatic carbocycles. The van der Waals surface area contributed by atoms with Crippen LogP contribution in [-0.2, 0) is 9.53 Å². The number of aliphatic hydroxyl groups is 1. The van der Waals surface area contributed by atoms with Gasteiger partial charge in [-0.25, -0.2) is 8.78 Å². The SMILES string of the molecule is CC[C@@H]1C(C(=O)OC)CC(F)(F)CN1C(=O)c1ccc(C(C)O)cc1. The number of nitrogens with zero attached hydrogens (tertiary/aromatic N) is 1. The van der Waals surface area contributed by atoms with Gasteiger partial charge >= 0.3 is 5.97 Å². The Morgan fingerprint density at radius 1 is 1.36 bits per heavy atom. The van der Waals surface area contributed by atoms with Crippen LogP contribution in [0.25, 0.3) is 0 Å². The predicted octanol–water partition coefficient (Wildman–Crippen LogP) is 2.79. The van der Waals surface area contributed by atoms with Crippen molar-refractivity contribution in [3.05, 3.63) is 35.4 Å². The van der Waals surface area contributed by atoms with E-state index in [9.17, 15) is 23.5 Å². The predicted molar refractivity (Wildman–Crippen MR) is 87.3 cm³/mol. The van der Waals surface area contributed by atoms with Crippen molar-refractivity contribution in [2.24, 2.45) is 5.92 Å². The lowest BCUT2D eigenvalue weighted by Crippen LogP contribution is -2.57. The number of esters is 1. The molecule has 0 aromatic heterocycles. The number of piperidine rings is 1. The van der Waals surface area contributed by atoms with Gasteiger partial charge < -0.3 is 14.7 Å². The second kappa shape index (κ2) is 7.47. The minimum atomic E-state index is -3.15. The number of methoxy groups -OCH3 is 1. The molecule has 1 aromatic rings. The molecule has 0 spiro atoms. The van der Waals surface area contributed by atoms with E-state index < -0.39 is 48.8 Å². The van der Waals surface area contributed by atoms with Crippen molar-refractivity contribution in [2.45, 2.75) is 44.8 Å². The molecule has 1 saturated heterocycles. The standard InChI is InChI=1S/C18H23F2NO4/c1-4-15-14(17(24)25-3)9-18(19,20)10-21(15)16(23)13-7-5-12(6-8-13)11(2)22/h5-8,11,14-15,22H,4,9-10H2,1-3H3/t11?,14?,15-/m1/s1. The van der Waals surface area contributed by atoms with Gasteiger partial charge in [0.1, 0.15) is 0 Å². The Morgan fingerprint density at radius 2 is 1.96 bits per heavy atom. The van der Waals surface area contributed by atoms with Gasteiger partial charge in [0.25, 0.3) is 11.8 Å². The van der Waals surface area contributed by atoms with Crippen molar-refractivity contribution >= 4 is 11.9 Å². The summed E-state index contributed by atoms with van der Waals surface area (Å²) in [4.78, 5) is 25.8. The maximum atomic E-state index is 14.1. The molecule has 5 nitrogen and oxygen atoms in total. The minimum Gasteiger partial charge on any atom is -0.469 e. The lowest BCUT2D eigenvalue weighted by atomic mass is 9.85. The zero-order valence-corrected chi connectivity index (χ0v) is 14.5. The molecule has 1 heterocycles. The largest absolute Gasteiger partial charge is 0.469 e. The summed E-state index contributed by atoms with van der Waals surface area (Å²) in [6.45, 7) is 2.62. The van der Waals surface area contributed by atoms with Crippen molar-refractivity contribution in [1.82, 2.24) is 4.90 Å². The van der Waals surface area contributed by atoms with E-state index in [1.807, 2.05) is 0 Å². The number of hydrogen-bond acceptors (Lipinski definition) is 4. The molecule has 2 rings (SSSR count). The van der Waals surface area contributed by atoms with Crippen LogP contribution >= 0.6 is 0 Å². The van der Waals surface area contributed by atoms with E-state index in [4.69, 9.17) is 0 Å². The average Bonchev–Trinajstić information content (AvgIpc) is 2.59. The van der Waals surface area contributed by atoms with Gasteiger partial charge in [0.15, 0.2) is 0 Å². The number of hydrogen-bond donors (Lipinski definition) is 1. The van der Waals surface area contributed by atoms with Gasteiger partial charge in [-0.2, -0.15) is 0 Å². The third-order valence-electron chi connectivity index (χ3n) is 4.61. The number of alkyl halides is 2. The molecule has 3 atom stereocenters. The molecule has 1 fully saturated rings. The van der Waals surface area contributed by atoms with Crippen LogP contribution in [0.15, 0.2) is 24.3 Å². The summed E-state index contributed by atoms with van der Waals surface area (Å²) in [6.07, 6.45) is -0.938. The van der Waals surface area contributed by atoms with Crippen LogP contribution in [-0.4, -0.2) is 47.5 Å². The fourth-order valence-electron chi connectivity index (χ4n) is 3.30. The first-order valence-electron chi connectivity index (χ1n) is 8.24. The number of carbonyl (C=O) groups excluding carboxylic acids is 2. The number of amides is 1. The van der Waals surface area contributed by atoms with Gasteiger partial charge in [-0.3, -0.25) is 9.59 Å². The Morgan fingerprint density at radius 3 is 2.44 bits per heavy atom. The smallest absolute Gasteiger partial charge is 0.310 e. The van der Waals surface area contributed by atoms with Crippen molar-refractivity contribution in [2.75, 3.05) is 13.7 Å². The van der Waals surface area contributed by atoms with Crippen molar-refractivity contribution < 1.29 is 28.2 Å². The molecule has 0 bridgehead atoms. The van der Waals surface area contributed by atoms with Crippen LogP contribution in [0.1, 0.15) is 48.7 Å². The van der Waals surface area contributed by atoms with Crippen molar-refractivity contribution in [3.63, 3.8) is 0 Å². The van der Waals surface area contributed by atoms with Crippen LogP contribution in [0.5, 0.6) is 0 Å². The normalized spacial score (nSPS) is 23.8. The number of ether oxygens (including phenoxy) is 1. The van der Waals surface area contributed by atoms with Crippen molar-refractivity contribution in [1.29, 1.82) is 0 Å². The maximum Gasteiger partial charge on any atom is 0.310 e. The first kappa shape index (κ1) is 19.3. The van der Waals surface area contributed by atoms with Crippen LogP contribution < -0.4 is 0 Å². The van der Waals surface area contributed by atoms with Gasteiger partial charge in [-0.05, 0) is 31.0 Å². The fraction of sp³-hybridized carbons (Fsp3) is 0.556. The lowest BCUT2D eigenvalue weighted by Gasteiger charge is -2.43. The number of rotatable bonds is 4. The van der Waals surface area contributed by atoms with Crippen molar-refractivity contribution in [3.8, 4) is 0 Å². The Balaban J connectivity index is 2.32. The Hall–Kier alpha value is -2.02. The summed E-state index contributed by atoms with van der Waals surface area (Å²) in [5.74, 6) is -5.50. The Bertz CT molecular complexity index is 630. The highest BCUT2D eigenvalue weighted by atomic mass is 19.3. The summed E-state index contributed by atoms with van der Waals surface area (Å²) in [6, 6.07) is 5.52. The summed E-state index contributed by atoms with van der Waals surface area (Å²) in [5, 5.41) is 9.53. The molecular weight excluding hydrogens is 332 g/mol. The van der Waals surface area contributed by atoms with Crippen LogP contribution in [0.3, 0.4) is 0 Å². The molecular formula is C18H23F2NO4. The number of benzene rings is 1. The lowest BCUT2D eigenvalue weighted by molar-refractivity contribution is -0.160. The number of likely N-dealkylation sites (tertiary alicyclic amines) is 1. The first-order chi connectivity index (χ1) is 11.7. The third-order valence-corrected chi connectivity index (χ3v) is 4.61. The van der Waals surface area contributed by atoms with E-state index in [1.165, 1.54) is 12.1 Å². The molecule has 1 aliphatic rings. The third kappa shape index (κ3) is 4.15. The van der Waals surface area contributed by atoms with Gasteiger partial charge in [-0.15, -0.1) is 0 Å². The molecule has 1 N–H and O–H groups in total. The van der Waals surface area contributed by atoms with Gasteiger partial charge in [0.05, 0.1) is 25.7 Å². The molecule has 1 amide bonds. The second-order valence-corrected chi connectivity index (χ2v) is 6.40. The average molecular weight is 355 g/mol.